The molecule has 2 N–H and O–H groups in total. The van der Waals surface area contributed by atoms with E-state index in [0.717, 1.165) is 30.9 Å². The molecule has 2 rings (SSSR count). The second-order valence-corrected chi connectivity index (χ2v) is 6.35. The van der Waals surface area contributed by atoms with Gasteiger partial charge >= 0.3 is 5.97 Å². The summed E-state index contributed by atoms with van der Waals surface area (Å²) < 4.78 is 15.8. The van der Waals surface area contributed by atoms with Crippen LogP contribution in [-0.4, -0.2) is 46.0 Å². The lowest BCUT2D eigenvalue weighted by molar-refractivity contribution is -0.00457. The Hall–Kier alpha value is -1.47. The van der Waals surface area contributed by atoms with Gasteiger partial charge in [-0.15, -0.1) is 11.3 Å². The zero-order valence-corrected chi connectivity index (χ0v) is 13.7. The van der Waals surface area contributed by atoms with Gasteiger partial charge in [-0.3, -0.25) is 0 Å². The second-order valence-electron chi connectivity index (χ2n) is 5.35. The summed E-state index contributed by atoms with van der Waals surface area (Å²) in [4.78, 5) is 14.3. The van der Waals surface area contributed by atoms with Crippen molar-refractivity contribution in [1.82, 2.24) is 0 Å². The van der Waals surface area contributed by atoms with E-state index in [1.165, 1.54) is 18.4 Å². The van der Waals surface area contributed by atoms with Gasteiger partial charge in [-0.2, -0.15) is 0 Å². The van der Waals surface area contributed by atoms with Crippen molar-refractivity contribution in [3.63, 3.8) is 0 Å². The molecule has 0 amide bonds. The van der Waals surface area contributed by atoms with Crippen LogP contribution in [0.15, 0.2) is 0 Å². The molecule has 118 valence electrons. The standard InChI is InChI=1S/C14H22N2O4S/c1-14(20-4)6-5-7-16(8-14)12-10(18-2)9(15)11(21-12)13(17)19-3/h5-8,15H2,1-4H3. The summed E-state index contributed by atoms with van der Waals surface area (Å²) >= 11 is 1.31. The van der Waals surface area contributed by atoms with Crippen LogP contribution in [0.1, 0.15) is 29.4 Å². The van der Waals surface area contributed by atoms with Crippen LogP contribution in [0.4, 0.5) is 10.7 Å². The Kier molecular flexibility index (Phi) is 4.63. The van der Waals surface area contributed by atoms with E-state index in [0.29, 0.717) is 16.3 Å². The normalized spacial score (nSPS) is 22.2. The largest absolute Gasteiger partial charge is 0.492 e. The van der Waals surface area contributed by atoms with Crippen LogP contribution in [0.5, 0.6) is 5.75 Å². The molecule has 1 aliphatic rings. The number of anilines is 2. The third-order valence-electron chi connectivity index (χ3n) is 3.90. The zero-order chi connectivity index (χ0) is 15.6. The molecule has 1 aliphatic heterocycles. The number of rotatable bonds is 4. The van der Waals surface area contributed by atoms with Crippen molar-refractivity contribution >= 4 is 28.0 Å². The first-order valence-electron chi connectivity index (χ1n) is 6.80. The van der Waals surface area contributed by atoms with E-state index < -0.39 is 5.97 Å². The van der Waals surface area contributed by atoms with Crippen LogP contribution in [0.25, 0.3) is 0 Å². The number of hydrogen-bond acceptors (Lipinski definition) is 7. The first-order chi connectivity index (χ1) is 9.95. The Morgan fingerprint density at radius 3 is 2.67 bits per heavy atom. The number of esters is 1. The molecule has 1 unspecified atom stereocenters. The van der Waals surface area contributed by atoms with Gasteiger partial charge in [0.05, 0.1) is 19.8 Å². The summed E-state index contributed by atoms with van der Waals surface area (Å²) in [6.45, 7) is 3.71. The molecule has 21 heavy (non-hydrogen) atoms. The highest BCUT2D eigenvalue weighted by Crippen LogP contribution is 2.46. The average Bonchev–Trinajstić information content (AvgIpc) is 2.83. The molecule has 2 heterocycles. The number of nitrogens with two attached hydrogens (primary N) is 1. The van der Waals surface area contributed by atoms with Gasteiger partial charge in [-0.1, -0.05) is 0 Å². The fraction of sp³-hybridized carbons (Fsp3) is 0.643. The van der Waals surface area contributed by atoms with E-state index >= 15 is 0 Å². The third kappa shape index (κ3) is 2.94. The highest BCUT2D eigenvalue weighted by molar-refractivity contribution is 7.19. The number of hydrogen-bond donors (Lipinski definition) is 1. The molecule has 7 heteroatoms. The summed E-state index contributed by atoms with van der Waals surface area (Å²) in [6, 6.07) is 0. The van der Waals surface area contributed by atoms with Crippen molar-refractivity contribution in [2.75, 3.05) is 45.1 Å². The summed E-state index contributed by atoms with van der Waals surface area (Å²) in [6.07, 6.45) is 2.02. The van der Waals surface area contributed by atoms with Crippen LogP contribution in [0.2, 0.25) is 0 Å². The topological polar surface area (TPSA) is 74.0 Å². The third-order valence-corrected chi connectivity index (χ3v) is 5.12. The van der Waals surface area contributed by atoms with Crippen LogP contribution in [0, 0.1) is 0 Å². The van der Waals surface area contributed by atoms with Gasteiger partial charge in [0.1, 0.15) is 15.6 Å². The Morgan fingerprint density at radius 1 is 1.38 bits per heavy atom. The lowest BCUT2D eigenvalue weighted by Gasteiger charge is -2.40. The molecule has 0 bridgehead atoms. The zero-order valence-electron chi connectivity index (χ0n) is 12.9. The van der Waals surface area contributed by atoms with Crippen molar-refractivity contribution in [2.24, 2.45) is 0 Å². The predicted octanol–water partition coefficient (Wildman–Crippen LogP) is 2.13. The van der Waals surface area contributed by atoms with Gasteiger partial charge in [0.2, 0.25) is 0 Å². The van der Waals surface area contributed by atoms with E-state index in [2.05, 4.69) is 11.8 Å². The Bertz CT molecular complexity index is 531. The van der Waals surface area contributed by atoms with Crippen molar-refractivity contribution in [3.8, 4) is 5.75 Å². The summed E-state index contributed by atoms with van der Waals surface area (Å²) in [5.41, 5.74) is 6.17. The molecule has 0 spiro atoms. The molecular formula is C14H22N2O4S. The molecule has 6 nitrogen and oxygen atoms in total. The van der Waals surface area contributed by atoms with Gasteiger partial charge < -0.3 is 24.8 Å². The molecule has 1 aromatic heterocycles. The van der Waals surface area contributed by atoms with Gasteiger partial charge in [-0.05, 0) is 19.8 Å². The number of thiophene rings is 1. The Morgan fingerprint density at radius 2 is 2.10 bits per heavy atom. The molecule has 1 atom stereocenters. The van der Waals surface area contributed by atoms with Gasteiger partial charge in [0, 0.05) is 20.2 Å². The quantitative estimate of drug-likeness (QED) is 0.858. The average molecular weight is 314 g/mol. The molecule has 0 aromatic carbocycles. The number of ether oxygens (including phenoxy) is 3. The molecule has 0 saturated carbocycles. The first kappa shape index (κ1) is 15.9. The maximum absolute atomic E-state index is 11.8. The maximum Gasteiger partial charge on any atom is 0.350 e. The number of nitrogens with zero attached hydrogens (tertiary/aromatic N) is 1. The fourth-order valence-electron chi connectivity index (χ4n) is 2.61. The van der Waals surface area contributed by atoms with Crippen molar-refractivity contribution < 1.29 is 19.0 Å². The molecular weight excluding hydrogens is 292 g/mol. The molecule has 1 saturated heterocycles. The second kappa shape index (κ2) is 6.11. The lowest BCUT2D eigenvalue weighted by atomic mass is 9.95. The van der Waals surface area contributed by atoms with Crippen molar-refractivity contribution in [1.29, 1.82) is 0 Å². The summed E-state index contributed by atoms with van der Waals surface area (Å²) in [5, 5.41) is 0.860. The van der Waals surface area contributed by atoms with Crippen LogP contribution >= 0.6 is 11.3 Å². The first-order valence-corrected chi connectivity index (χ1v) is 7.62. The molecule has 1 fully saturated rings. The number of carbonyl (C=O) groups is 1. The highest BCUT2D eigenvalue weighted by Gasteiger charge is 2.34. The Balaban J connectivity index is 2.37. The van der Waals surface area contributed by atoms with E-state index in [-0.39, 0.29) is 5.60 Å². The van der Waals surface area contributed by atoms with E-state index in [4.69, 9.17) is 19.9 Å². The van der Waals surface area contributed by atoms with Crippen LogP contribution in [0.3, 0.4) is 0 Å². The fourth-order valence-corrected chi connectivity index (χ4v) is 3.75. The van der Waals surface area contributed by atoms with Crippen LogP contribution in [-0.2, 0) is 9.47 Å². The lowest BCUT2D eigenvalue weighted by Crippen LogP contribution is -2.47. The minimum atomic E-state index is -0.437. The highest BCUT2D eigenvalue weighted by atomic mass is 32.1. The van der Waals surface area contributed by atoms with Gasteiger partial charge in [-0.25, -0.2) is 4.79 Å². The SMILES string of the molecule is COC(=O)c1sc(N2CCCC(C)(OC)C2)c(OC)c1N. The number of methoxy groups -OCH3 is 3. The molecule has 0 aliphatic carbocycles. The predicted molar refractivity (Wildman–Crippen MR) is 83.5 cm³/mol. The van der Waals surface area contributed by atoms with Crippen molar-refractivity contribution in [2.45, 2.75) is 25.4 Å². The van der Waals surface area contributed by atoms with Crippen LogP contribution < -0.4 is 15.4 Å². The molecule has 1 aromatic rings. The van der Waals surface area contributed by atoms with Gasteiger partial charge in [0.15, 0.2) is 5.75 Å². The number of carbonyl (C=O) groups excluding carboxylic acids is 1. The summed E-state index contributed by atoms with van der Waals surface area (Å²) in [5.74, 6) is 0.106. The molecule has 0 radical (unpaired) electrons. The van der Waals surface area contributed by atoms with Crippen molar-refractivity contribution in [3.05, 3.63) is 4.88 Å². The maximum atomic E-state index is 11.8. The monoisotopic (exact) mass is 314 g/mol. The smallest absolute Gasteiger partial charge is 0.350 e. The minimum absolute atomic E-state index is 0.201. The number of nitrogen functional groups attached to an aromatic ring is 1. The number of piperidine rings is 1. The van der Waals surface area contributed by atoms with E-state index in [1.54, 1.807) is 14.2 Å². The minimum Gasteiger partial charge on any atom is -0.492 e. The van der Waals surface area contributed by atoms with Gasteiger partial charge in [0.25, 0.3) is 0 Å². The van der Waals surface area contributed by atoms with E-state index in [9.17, 15) is 4.79 Å². The Labute approximate surface area is 128 Å². The summed E-state index contributed by atoms with van der Waals surface area (Å²) in [7, 11) is 4.63. The van der Waals surface area contributed by atoms with E-state index in [1.807, 2.05) is 0 Å².